The maximum atomic E-state index is 11.0. The van der Waals surface area contributed by atoms with Crippen LogP contribution < -0.4 is 11.5 Å². The first kappa shape index (κ1) is 10.9. The molecular weight excluding hydrogens is 154 g/mol. The second-order valence-corrected chi connectivity index (χ2v) is 4.03. The number of hydrogen-bond acceptors (Lipinski definition) is 2. The van der Waals surface area contributed by atoms with Crippen LogP contribution in [0.4, 0.5) is 0 Å². The number of amidine groups is 1. The minimum Gasteiger partial charge on any atom is -0.387 e. The van der Waals surface area contributed by atoms with Crippen LogP contribution in [0.2, 0.25) is 0 Å². The van der Waals surface area contributed by atoms with Gasteiger partial charge in [-0.1, -0.05) is 27.7 Å². The van der Waals surface area contributed by atoms with Crippen molar-refractivity contribution in [2.45, 2.75) is 27.7 Å². The first-order valence-corrected chi connectivity index (χ1v) is 3.78. The first-order chi connectivity index (χ1) is 5.14. The van der Waals surface area contributed by atoms with Gasteiger partial charge in [0, 0.05) is 5.41 Å². The van der Waals surface area contributed by atoms with E-state index in [9.17, 15) is 4.79 Å². The number of carbonyl (C=O) groups is 1. The summed E-state index contributed by atoms with van der Waals surface area (Å²) in [6.45, 7) is 6.85. The lowest BCUT2D eigenvalue weighted by atomic mass is 9.67. The molecule has 0 rings (SSSR count). The summed E-state index contributed by atoms with van der Waals surface area (Å²) in [7, 11) is 0. The summed E-state index contributed by atoms with van der Waals surface area (Å²) < 4.78 is 0. The predicted molar refractivity (Wildman–Crippen MR) is 48.7 cm³/mol. The fourth-order valence-electron chi connectivity index (χ4n) is 0.645. The summed E-state index contributed by atoms with van der Waals surface area (Å²) in [6.07, 6.45) is 0. The van der Waals surface area contributed by atoms with E-state index in [0.29, 0.717) is 0 Å². The lowest BCUT2D eigenvalue weighted by Crippen LogP contribution is -2.50. The van der Waals surface area contributed by atoms with Crippen molar-refractivity contribution in [1.29, 1.82) is 5.41 Å². The summed E-state index contributed by atoms with van der Waals surface area (Å²) >= 11 is 0. The molecule has 0 aliphatic rings. The summed E-state index contributed by atoms with van der Waals surface area (Å²) in [5.41, 5.74) is 9.08. The Morgan fingerprint density at radius 2 is 1.42 bits per heavy atom. The number of nitrogens with two attached hydrogens (primary N) is 2. The Bertz CT molecular complexity index is 194. The van der Waals surface area contributed by atoms with Gasteiger partial charge in [-0.15, -0.1) is 0 Å². The van der Waals surface area contributed by atoms with E-state index in [1.807, 2.05) is 0 Å². The molecule has 0 heterocycles. The Hall–Kier alpha value is -1.06. The SMILES string of the molecule is CC(C)(C(=N)N)C(C)(C)C(N)=O. The van der Waals surface area contributed by atoms with Gasteiger partial charge in [0.1, 0.15) is 0 Å². The van der Waals surface area contributed by atoms with E-state index in [-0.39, 0.29) is 5.84 Å². The number of primary amides is 1. The van der Waals surface area contributed by atoms with Gasteiger partial charge < -0.3 is 11.5 Å². The summed E-state index contributed by atoms with van der Waals surface area (Å²) in [5.74, 6) is -0.464. The molecule has 1 amide bonds. The highest BCUT2D eigenvalue weighted by atomic mass is 16.1. The van der Waals surface area contributed by atoms with Crippen LogP contribution in [0.25, 0.3) is 0 Å². The zero-order valence-corrected chi connectivity index (χ0v) is 8.06. The molecule has 0 fully saturated rings. The highest BCUT2D eigenvalue weighted by Gasteiger charge is 2.44. The zero-order chi connectivity index (χ0) is 10.2. The molecule has 0 aliphatic heterocycles. The van der Waals surface area contributed by atoms with E-state index in [4.69, 9.17) is 16.9 Å². The standard InChI is InChI=1S/C8H17N3O/c1-7(2,5(9)10)8(3,4)6(11)12/h1-4H3,(H3,9,10)(H2,11,12). The second kappa shape index (κ2) is 2.77. The normalized spacial score (nSPS) is 12.7. The van der Waals surface area contributed by atoms with Crippen molar-refractivity contribution in [2.75, 3.05) is 0 Å². The highest BCUT2D eigenvalue weighted by Crippen LogP contribution is 2.37. The molecule has 5 N–H and O–H groups in total. The topological polar surface area (TPSA) is 93.0 Å². The molecule has 0 aromatic carbocycles. The molecule has 0 saturated carbocycles. The quantitative estimate of drug-likeness (QED) is 0.425. The highest BCUT2D eigenvalue weighted by molar-refractivity contribution is 5.92. The number of nitrogens with one attached hydrogen (secondary N) is 1. The van der Waals surface area contributed by atoms with Gasteiger partial charge in [0.2, 0.25) is 5.91 Å². The van der Waals surface area contributed by atoms with Gasteiger partial charge >= 0.3 is 0 Å². The van der Waals surface area contributed by atoms with E-state index >= 15 is 0 Å². The Morgan fingerprint density at radius 3 is 1.50 bits per heavy atom. The minimum absolute atomic E-state index is 0.0219. The van der Waals surface area contributed by atoms with Crippen LogP contribution in [-0.4, -0.2) is 11.7 Å². The number of amides is 1. The second-order valence-electron chi connectivity index (χ2n) is 4.03. The lowest BCUT2D eigenvalue weighted by molar-refractivity contribution is -0.129. The smallest absolute Gasteiger partial charge is 0.224 e. The molecule has 0 spiro atoms. The molecule has 0 aliphatic carbocycles. The number of rotatable bonds is 3. The Balaban J connectivity index is 5.01. The van der Waals surface area contributed by atoms with E-state index in [0.717, 1.165) is 0 Å². The van der Waals surface area contributed by atoms with Crippen LogP contribution in [0, 0.1) is 16.2 Å². The molecule has 0 atom stereocenters. The fraction of sp³-hybridized carbons (Fsp3) is 0.750. The summed E-state index contributed by atoms with van der Waals surface area (Å²) in [4.78, 5) is 11.0. The Labute approximate surface area is 72.8 Å². The van der Waals surface area contributed by atoms with Gasteiger partial charge in [0.05, 0.1) is 11.3 Å². The van der Waals surface area contributed by atoms with Gasteiger partial charge in [0.25, 0.3) is 0 Å². The summed E-state index contributed by atoms with van der Waals surface area (Å²) in [6, 6.07) is 0. The van der Waals surface area contributed by atoms with Gasteiger partial charge in [-0.25, -0.2) is 0 Å². The van der Waals surface area contributed by atoms with Crippen LogP contribution >= 0.6 is 0 Å². The van der Waals surface area contributed by atoms with Crippen molar-refractivity contribution in [3.63, 3.8) is 0 Å². The molecule has 0 aromatic rings. The molecular formula is C8H17N3O. The first-order valence-electron chi connectivity index (χ1n) is 3.78. The van der Waals surface area contributed by atoms with E-state index < -0.39 is 16.7 Å². The molecule has 4 nitrogen and oxygen atoms in total. The van der Waals surface area contributed by atoms with Crippen LogP contribution in [0.5, 0.6) is 0 Å². The van der Waals surface area contributed by atoms with Crippen LogP contribution in [0.1, 0.15) is 27.7 Å². The number of hydrogen-bond donors (Lipinski definition) is 3. The van der Waals surface area contributed by atoms with Gasteiger partial charge in [-0.05, 0) is 0 Å². The van der Waals surface area contributed by atoms with E-state index in [1.54, 1.807) is 27.7 Å². The monoisotopic (exact) mass is 171 g/mol. The Kier molecular flexibility index (Phi) is 2.52. The molecule has 70 valence electrons. The zero-order valence-electron chi connectivity index (χ0n) is 8.06. The molecule has 0 aromatic heterocycles. The van der Waals surface area contributed by atoms with Crippen molar-refractivity contribution in [3.8, 4) is 0 Å². The Morgan fingerprint density at radius 1 is 1.08 bits per heavy atom. The average Bonchev–Trinajstić information content (AvgIpc) is 1.86. The molecule has 0 bridgehead atoms. The van der Waals surface area contributed by atoms with Crippen LogP contribution in [0.15, 0.2) is 0 Å². The van der Waals surface area contributed by atoms with Gasteiger partial charge in [-0.2, -0.15) is 0 Å². The van der Waals surface area contributed by atoms with Gasteiger partial charge in [0.15, 0.2) is 0 Å². The molecule has 12 heavy (non-hydrogen) atoms. The molecule has 0 unspecified atom stereocenters. The average molecular weight is 171 g/mol. The number of carbonyl (C=O) groups excluding carboxylic acids is 1. The third-order valence-corrected chi connectivity index (χ3v) is 2.85. The van der Waals surface area contributed by atoms with Crippen molar-refractivity contribution in [1.82, 2.24) is 0 Å². The van der Waals surface area contributed by atoms with Crippen molar-refractivity contribution >= 4 is 11.7 Å². The van der Waals surface area contributed by atoms with Crippen molar-refractivity contribution < 1.29 is 4.79 Å². The maximum absolute atomic E-state index is 11.0. The molecule has 4 heteroatoms. The van der Waals surface area contributed by atoms with Crippen molar-refractivity contribution in [2.24, 2.45) is 22.3 Å². The van der Waals surface area contributed by atoms with E-state index in [1.165, 1.54) is 0 Å². The third-order valence-electron chi connectivity index (χ3n) is 2.85. The van der Waals surface area contributed by atoms with Crippen LogP contribution in [0.3, 0.4) is 0 Å². The van der Waals surface area contributed by atoms with Crippen molar-refractivity contribution in [3.05, 3.63) is 0 Å². The predicted octanol–water partition coefficient (Wildman–Crippen LogP) is 0.460. The third kappa shape index (κ3) is 1.42. The van der Waals surface area contributed by atoms with E-state index in [2.05, 4.69) is 0 Å². The largest absolute Gasteiger partial charge is 0.387 e. The van der Waals surface area contributed by atoms with Crippen LogP contribution in [-0.2, 0) is 4.79 Å². The lowest BCUT2D eigenvalue weighted by Gasteiger charge is -2.37. The maximum Gasteiger partial charge on any atom is 0.224 e. The minimum atomic E-state index is -0.793. The van der Waals surface area contributed by atoms with Gasteiger partial charge in [-0.3, -0.25) is 10.2 Å². The molecule has 0 radical (unpaired) electrons. The molecule has 0 saturated heterocycles. The summed E-state index contributed by atoms with van der Waals surface area (Å²) in [5, 5.41) is 7.32. The fourth-order valence-corrected chi connectivity index (χ4v) is 0.645.